The first-order chi connectivity index (χ1) is 8.61. The maximum atomic E-state index is 12.0. The number of terminal acetylenes is 1. The molecule has 0 saturated carbocycles. The molecule has 4 heteroatoms. The largest absolute Gasteiger partial charge is 0.454 e. The Bertz CT molecular complexity index is 502. The molecule has 1 atom stereocenters. The van der Waals surface area contributed by atoms with Gasteiger partial charge < -0.3 is 14.8 Å². The summed E-state index contributed by atoms with van der Waals surface area (Å²) in [6.07, 6.45) is 5.38. The van der Waals surface area contributed by atoms with Crippen molar-refractivity contribution in [3.63, 3.8) is 0 Å². The number of rotatable bonds is 3. The summed E-state index contributed by atoms with van der Waals surface area (Å²) in [6, 6.07) is 4.79. The summed E-state index contributed by atoms with van der Waals surface area (Å²) in [4.78, 5) is 12.0. The quantitative estimate of drug-likeness (QED) is 0.826. The van der Waals surface area contributed by atoms with Crippen LogP contribution in [0.15, 0.2) is 18.2 Å². The van der Waals surface area contributed by atoms with Gasteiger partial charge in [-0.25, -0.2) is 0 Å². The van der Waals surface area contributed by atoms with Crippen molar-refractivity contribution in [1.82, 2.24) is 5.32 Å². The molecule has 1 aliphatic rings. The van der Waals surface area contributed by atoms with E-state index in [-0.39, 0.29) is 24.7 Å². The Hall–Kier alpha value is -2.15. The number of carbonyl (C=O) groups excluding carboxylic acids is 1. The third kappa shape index (κ3) is 2.40. The Morgan fingerprint density at radius 2 is 2.11 bits per heavy atom. The fourth-order valence-electron chi connectivity index (χ4n) is 1.66. The van der Waals surface area contributed by atoms with E-state index in [9.17, 15) is 4.79 Å². The molecule has 1 N–H and O–H groups in total. The number of benzene rings is 1. The van der Waals surface area contributed by atoms with Crippen LogP contribution in [0, 0.1) is 18.3 Å². The molecule has 0 radical (unpaired) electrons. The standard InChI is InChI=1S/C14H15NO3/c1-4-11(9(2)3)15-14(16)10-5-6-12-13(7-10)18-8-17-12/h1,5-7,9,11H,8H2,2-3H3,(H,15,16). The molecule has 0 spiro atoms. The number of carbonyl (C=O) groups is 1. The summed E-state index contributed by atoms with van der Waals surface area (Å²) in [6.45, 7) is 4.12. The van der Waals surface area contributed by atoms with E-state index in [4.69, 9.17) is 15.9 Å². The average molecular weight is 245 g/mol. The minimum Gasteiger partial charge on any atom is -0.454 e. The Balaban J connectivity index is 2.12. The van der Waals surface area contributed by atoms with Crippen LogP contribution in [0.5, 0.6) is 11.5 Å². The zero-order valence-electron chi connectivity index (χ0n) is 10.4. The van der Waals surface area contributed by atoms with E-state index in [1.54, 1.807) is 18.2 Å². The molecule has 1 aromatic carbocycles. The van der Waals surface area contributed by atoms with Gasteiger partial charge in [-0.2, -0.15) is 0 Å². The van der Waals surface area contributed by atoms with Crippen molar-refractivity contribution in [2.75, 3.05) is 6.79 Å². The third-order valence-electron chi connectivity index (χ3n) is 2.77. The number of fused-ring (bicyclic) bond motifs is 1. The highest BCUT2D eigenvalue weighted by molar-refractivity contribution is 5.95. The first-order valence-electron chi connectivity index (χ1n) is 5.78. The molecule has 1 aromatic rings. The zero-order valence-corrected chi connectivity index (χ0v) is 10.4. The van der Waals surface area contributed by atoms with Crippen molar-refractivity contribution >= 4 is 5.91 Å². The molecule has 0 fully saturated rings. The Kier molecular flexibility index (Phi) is 3.42. The Morgan fingerprint density at radius 1 is 1.39 bits per heavy atom. The second kappa shape index (κ2) is 5.01. The van der Waals surface area contributed by atoms with Crippen LogP contribution in [0.3, 0.4) is 0 Å². The lowest BCUT2D eigenvalue weighted by atomic mass is 10.0. The van der Waals surface area contributed by atoms with Crippen LogP contribution < -0.4 is 14.8 Å². The van der Waals surface area contributed by atoms with Gasteiger partial charge in [-0.15, -0.1) is 6.42 Å². The van der Waals surface area contributed by atoms with Crippen molar-refractivity contribution in [1.29, 1.82) is 0 Å². The van der Waals surface area contributed by atoms with Crippen LogP contribution in [-0.4, -0.2) is 18.7 Å². The second-order valence-corrected chi connectivity index (χ2v) is 4.43. The van der Waals surface area contributed by atoms with Crippen molar-refractivity contribution in [3.05, 3.63) is 23.8 Å². The molecule has 94 valence electrons. The summed E-state index contributed by atoms with van der Waals surface area (Å²) in [5, 5.41) is 2.80. The highest BCUT2D eigenvalue weighted by Gasteiger charge is 2.18. The summed E-state index contributed by atoms with van der Waals surface area (Å²) in [7, 11) is 0. The smallest absolute Gasteiger partial charge is 0.252 e. The predicted molar refractivity (Wildman–Crippen MR) is 67.5 cm³/mol. The number of amides is 1. The summed E-state index contributed by atoms with van der Waals surface area (Å²) in [5.41, 5.74) is 0.514. The van der Waals surface area contributed by atoms with E-state index in [2.05, 4.69) is 11.2 Å². The van der Waals surface area contributed by atoms with Crippen LogP contribution in [0.4, 0.5) is 0 Å². The SMILES string of the molecule is C#CC(NC(=O)c1ccc2c(c1)OCO2)C(C)C. The molecule has 2 rings (SSSR count). The summed E-state index contributed by atoms with van der Waals surface area (Å²) < 4.78 is 10.4. The molecule has 1 heterocycles. The van der Waals surface area contributed by atoms with Crippen LogP contribution in [-0.2, 0) is 0 Å². The van der Waals surface area contributed by atoms with Gasteiger partial charge >= 0.3 is 0 Å². The van der Waals surface area contributed by atoms with Gasteiger partial charge in [0, 0.05) is 5.56 Å². The van der Waals surface area contributed by atoms with Gasteiger partial charge in [-0.1, -0.05) is 19.8 Å². The maximum absolute atomic E-state index is 12.0. The van der Waals surface area contributed by atoms with Crippen molar-refractivity contribution in [2.45, 2.75) is 19.9 Å². The molecule has 0 aliphatic carbocycles. The third-order valence-corrected chi connectivity index (χ3v) is 2.77. The monoisotopic (exact) mass is 245 g/mol. The van der Waals surface area contributed by atoms with E-state index in [0.29, 0.717) is 17.1 Å². The number of hydrogen-bond acceptors (Lipinski definition) is 3. The number of hydrogen-bond donors (Lipinski definition) is 1. The summed E-state index contributed by atoms with van der Waals surface area (Å²) >= 11 is 0. The predicted octanol–water partition coefficient (Wildman–Crippen LogP) is 1.80. The van der Waals surface area contributed by atoms with Gasteiger partial charge in [0.1, 0.15) is 0 Å². The van der Waals surface area contributed by atoms with Crippen LogP contribution in [0.25, 0.3) is 0 Å². The van der Waals surface area contributed by atoms with E-state index >= 15 is 0 Å². The lowest BCUT2D eigenvalue weighted by Crippen LogP contribution is -2.37. The van der Waals surface area contributed by atoms with Crippen LogP contribution in [0.2, 0.25) is 0 Å². The van der Waals surface area contributed by atoms with Crippen LogP contribution >= 0.6 is 0 Å². The Morgan fingerprint density at radius 3 is 2.78 bits per heavy atom. The fraction of sp³-hybridized carbons (Fsp3) is 0.357. The van der Waals surface area contributed by atoms with Gasteiger partial charge in [0.2, 0.25) is 6.79 Å². The molecule has 1 amide bonds. The second-order valence-electron chi connectivity index (χ2n) is 4.43. The fourth-order valence-corrected chi connectivity index (χ4v) is 1.66. The van der Waals surface area contributed by atoms with Gasteiger partial charge in [0.05, 0.1) is 6.04 Å². The number of ether oxygens (including phenoxy) is 2. The molecule has 18 heavy (non-hydrogen) atoms. The van der Waals surface area contributed by atoms with E-state index in [1.165, 1.54) is 0 Å². The first kappa shape index (κ1) is 12.3. The minimum absolute atomic E-state index is 0.188. The molecule has 0 saturated heterocycles. The topological polar surface area (TPSA) is 47.6 Å². The first-order valence-corrected chi connectivity index (χ1v) is 5.78. The van der Waals surface area contributed by atoms with E-state index < -0.39 is 0 Å². The molecule has 4 nitrogen and oxygen atoms in total. The van der Waals surface area contributed by atoms with Crippen molar-refractivity contribution < 1.29 is 14.3 Å². The normalized spacial score (nSPS) is 14.1. The van der Waals surface area contributed by atoms with Crippen molar-refractivity contribution in [3.8, 4) is 23.8 Å². The van der Waals surface area contributed by atoms with Gasteiger partial charge in [0.25, 0.3) is 5.91 Å². The molecular formula is C14H15NO3. The van der Waals surface area contributed by atoms with E-state index in [1.807, 2.05) is 13.8 Å². The molecule has 0 bridgehead atoms. The molecule has 1 unspecified atom stereocenters. The highest BCUT2D eigenvalue weighted by Crippen LogP contribution is 2.32. The highest BCUT2D eigenvalue weighted by atomic mass is 16.7. The lowest BCUT2D eigenvalue weighted by molar-refractivity contribution is 0.0937. The van der Waals surface area contributed by atoms with Crippen molar-refractivity contribution in [2.24, 2.45) is 5.92 Å². The Labute approximate surface area is 106 Å². The molecular weight excluding hydrogens is 230 g/mol. The number of nitrogens with one attached hydrogen (secondary N) is 1. The van der Waals surface area contributed by atoms with Crippen LogP contribution in [0.1, 0.15) is 24.2 Å². The van der Waals surface area contributed by atoms with E-state index in [0.717, 1.165) is 0 Å². The maximum Gasteiger partial charge on any atom is 0.252 e. The molecule has 1 aliphatic heterocycles. The lowest BCUT2D eigenvalue weighted by Gasteiger charge is -2.16. The van der Waals surface area contributed by atoms with Gasteiger partial charge in [0.15, 0.2) is 11.5 Å². The summed E-state index contributed by atoms with van der Waals surface area (Å²) in [5.74, 6) is 3.79. The van der Waals surface area contributed by atoms with Gasteiger partial charge in [-0.05, 0) is 24.1 Å². The zero-order chi connectivity index (χ0) is 13.1. The molecule has 0 aromatic heterocycles. The van der Waals surface area contributed by atoms with Gasteiger partial charge in [-0.3, -0.25) is 4.79 Å². The minimum atomic E-state index is -0.275. The average Bonchev–Trinajstić information content (AvgIpc) is 2.82.